The smallest absolute Gasteiger partial charge is 0.259 e. The number of benzene rings is 3. The normalized spacial score (nSPS) is 14.4. The number of hydrogen-bond acceptors (Lipinski definition) is 10. The maximum Gasteiger partial charge on any atom is 0.259 e. The Morgan fingerprint density at radius 2 is 1.43 bits per heavy atom. The third-order valence-electron chi connectivity index (χ3n) is 7.94. The summed E-state index contributed by atoms with van der Waals surface area (Å²) in [6.45, 7) is 2.09. The van der Waals surface area contributed by atoms with Gasteiger partial charge in [0.15, 0.2) is 0 Å². The average molecular weight is 634 g/mol. The summed E-state index contributed by atoms with van der Waals surface area (Å²) < 4.78 is 0. The largest absolute Gasteiger partial charge is 0.506 e. The van der Waals surface area contributed by atoms with Crippen LogP contribution in [0, 0.1) is 0 Å². The van der Waals surface area contributed by atoms with Gasteiger partial charge < -0.3 is 45.2 Å². The first-order valence-electron chi connectivity index (χ1n) is 14.2. The highest BCUT2D eigenvalue weighted by molar-refractivity contribution is 6.09. The molecule has 6 rings (SSSR count). The second-order valence-corrected chi connectivity index (χ2v) is 10.7. The second-order valence-electron chi connectivity index (χ2n) is 10.7. The van der Waals surface area contributed by atoms with Crippen molar-refractivity contribution in [3.8, 4) is 5.75 Å². The van der Waals surface area contributed by atoms with E-state index in [2.05, 4.69) is 21.6 Å². The third kappa shape index (κ3) is 8.55. The number of carbonyl (C=O) groups is 1. The van der Waals surface area contributed by atoms with E-state index < -0.39 is 0 Å². The Labute approximate surface area is 271 Å². The first-order valence-corrected chi connectivity index (χ1v) is 14.2. The summed E-state index contributed by atoms with van der Waals surface area (Å²) in [5, 5.41) is 18.6. The topological polar surface area (TPSA) is 230 Å². The van der Waals surface area contributed by atoms with Crippen LogP contribution in [0.5, 0.6) is 5.75 Å². The molecule has 15 N–H and O–H groups in total. The first-order chi connectivity index (χ1) is 19.1. The summed E-state index contributed by atoms with van der Waals surface area (Å²) in [4.78, 5) is 25.3. The quantitative estimate of drug-likeness (QED) is 0.106. The molecule has 1 saturated carbocycles. The van der Waals surface area contributed by atoms with Crippen LogP contribution in [-0.4, -0.2) is 34.1 Å². The SMILES string of the molecule is Cl.N.N.N.N.O=C(Nc1ccc(Nc2cc(N3CCCCC3)nc(C3CCCCC3)n2)cc1)c1ccc2ccccc2c1O.[HH].[HH].[HH].[HH]. The summed E-state index contributed by atoms with van der Waals surface area (Å²) in [5.74, 6) is 2.85. The van der Waals surface area contributed by atoms with Gasteiger partial charge in [-0.15, -0.1) is 12.4 Å². The van der Waals surface area contributed by atoms with Gasteiger partial charge in [0.2, 0.25) is 0 Å². The predicted octanol–water partition coefficient (Wildman–Crippen LogP) is 9.42. The molecule has 1 aliphatic heterocycles. The monoisotopic (exact) mass is 633 g/mol. The molecule has 11 nitrogen and oxygen atoms in total. The summed E-state index contributed by atoms with van der Waals surface area (Å²) in [6, 6.07) is 20.6. The molecular weight excluding hydrogens is 578 g/mol. The van der Waals surface area contributed by atoms with Crippen LogP contribution >= 0.6 is 12.4 Å². The minimum atomic E-state index is -0.349. The van der Waals surface area contributed by atoms with Gasteiger partial charge in [-0.3, -0.25) is 4.79 Å². The Balaban J connectivity index is -0.00000108. The van der Waals surface area contributed by atoms with Crippen molar-refractivity contribution in [2.24, 2.45) is 0 Å². The zero-order valence-electron chi connectivity index (χ0n) is 25.4. The summed E-state index contributed by atoms with van der Waals surface area (Å²) >= 11 is 0. The molecule has 2 heterocycles. The number of fused-ring (bicyclic) bond motifs is 1. The number of phenols is 1. The molecule has 4 aromatic rings. The van der Waals surface area contributed by atoms with E-state index in [1.165, 1.54) is 38.5 Å². The van der Waals surface area contributed by atoms with E-state index in [1.54, 1.807) is 6.07 Å². The van der Waals surface area contributed by atoms with E-state index in [0.29, 0.717) is 17.0 Å². The molecule has 1 amide bonds. The van der Waals surface area contributed by atoms with Crippen molar-refractivity contribution >= 4 is 52.1 Å². The molecule has 1 saturated heterocycles. The van der Waals surface area contributed by atoms with Gasteiger partial charge in [0.05, 0.1) is 5.56 Å². The van der Waals surface area contributed by atoms with Crippen LogP contribution in [0.4, 0.5) is 23.0 Å². The molecule has 12 heteroatoms. The molecule has 1 aliphatic carbocycles. The molecule has 0 atom stereocenters. The summed E-state index contributed by atoms with van der Waals surface area (Å²) in [6.07, 6.45) is 9.80. The molecule has 248 valence electrons. The number of hydrogen-bond donors (Lipinski definition) is 7. The molecule has 3 aromatic carbocycles. The summed E-state index contributed by atoms with van der Waals surface area (Å²) in [5.41, 5.74) is 1.79. The number of anilines is 4. The minimum absolute atomic E-state index is 0. The minimum Gasteiger partial charge on any atom is -0.506 e. The van der Waals surface area contributed by atoms with E-state index >= 15 is 0 Å². The van der Waals surface area contributed by atoms with E-state index in [0.717, 1.165) is 54.5 Å². The maximum atomic E-state index is 12.9. The van der Waals surface area contributed by atoms with E-state index in [9.17, 15) is 9.90 Å². The number of amides is 1. The van der Waals surface area contributed by atoms with Gasteiger partial charge in [-0.2, -0.15) is 0 Å². The van der Waals surface area contributed by atoms with Gasteiger partial charge in [0, 0.05) is 47.5 Å². The summed E-state index contributed by atoms with van der Waals surface area (Å²) in [7, 11) is 0. The number of rotatable bonds is 6. The molecule has 0 spiro atoms. The van der Waals surface area contributed by atoms with Crippen LogP contribution in [0.2, 0.25) is 0 Å². The lowest BCUT2D eigenvalue weighted by Crippen LogP contribution is -2.30. The standard InChI is InChI=1S/C32H35N5O2.ClH.4H3N.4H2/c38-30-26-12-6-5-9-22(26)13-18-27(30)32(39)34-25-16-14-24(15-17-25)33-28-21-29(37-19-7-2-8-20-37)36-31(35-28)23-10-3-1-4-11-23;;;;;;;;;/h5-6,9,12-18,21,23,38H,1-4,7-8,10-11,19-20H2,(H,34,39)(H,33,35,36);1H;4*1H3;4*1H. The first kappa shape index (κ1) is 38.0. The lowest BCUT2D eigenvalue weighted by Gasteiger charge is -2.29. The van der Waals surface area contributed by atoms with Crippen LogP contribution < -0.4 is 40.1 Å². The van der Waals surface area contributed by atoms with Gasteiger partial charge >= 0.3 is 0 Å². The van der Waals surface area contributed by atoms with Crippen molar-refractivity contribution in [2.45, 2.75) is 57.3 Å². The van der Waals surface area contributed by atoms with Gasteiger partial charge in [-0.25, -0.2) is 9.97 Å². The molecule has 0 unspecified atom stereocenters. The van der Waals surface area contributed by atoms with Gasteiger partial charge in [0.1, 0.15) is 23.2 Å². The highest BCUT2D eigenvalue weighted by atomic mass is 35.5. The van der Waals surface area contributed by atoms with Crippen molar-refractivity contribution in [1.82, 2.24) is 34.6 Å². The maximum absolute atomic E-state index is 12.9. The van der Waals surface area contributed by atoms with Crippen molar-refractivity contribution in [2.75, 3.05) is 28.6 Å². The molecule has 0 radical (unpaired) electrons. The lowest BCUT2D eigenvalue weighted by atomic mass is 9.88. The number of aromatic nitrogens is 2. The highest BCUT2D eigenvalue weighted by Crippen LogP contribution is 2.34. The lowest BCUT2D eigenvalue weighted by molar-refractivity contribution is 0.102. The molecule has 2 aliphatic rings. The Morgan fingerprint density at radius 1 is 0.795 bits per heavy atom. The van der Waals surface area contributed by atoms with Gasteiger partial charge in [0.25, 0.3) is 5.91 Å². The van der Waals surface area contributed by atoms with Crippen LogP contribution in [0.15, 0.2) is 66.7 Å². The number of halogens is 1. The van der Waals surface area contributed by atoms with Crippen LogP contribution in [0.1, 0.15) is 79.2 Å². The van der Waals surface area contributed by atoms with Crippen molar-refractivity contribution in [3.05, 3.63) is 78.1 Å². The molecular formula is C32H56ClN9O2. The Hall–Kier alpha value is -4.00. The Kier molecular flexibility index (Phi) is 15.0. The fourth-order valence-corrected chi connectivity index (χ4v) is 5.77. The molecule has 44 heavy (non-hydrogen) atoms. The van der Waals surface area contributed by atoms with Crippen LogP contribution in [0.25, 0.3) is 10.8 Å². The van der Waals surface area contributed by atoms with E-state index in [-0.39, 0.29) is 59.9 Å². The van der Waals surface area contributed by atoms with Crippen molar-refractivity contribution < 1.29 is 15.6 Å². The van der Waals surface area contributed by atoms with E-state index in [4.69, 9.17) is 9.97 Å². The van der Waals surface area contributed by atoms with Crippen LogP contribution in [-0.2, 0) is 0 Å². The molecule has 1 aromatic heterocycles. The number of piperidine rings is 1. The number of nitrogens with one attached hydrogen (secondary N) is 2. The second kappa shape index (κ2) is 17.3. The fourth-order valence-electron chi connectivity index (χ4n) is 5.77. The van der Waals surface area contributed by atoms with Gasteiger partial charge in [-0.1, -0.05) is 49.6 Å². The zero-order valence-corrected chi connectivity index (χ0v) is 26.2. The molecule has 2 fully saturated rings. The Morgan fingerprint density at radius 3 is 2.14 bits per heavy atom. The average Bonchev–Trinajstić information content (AvgIpc) is 2.99. The van der Waals surface area contributed by atoms with E-state index in [1.807, 2.05) is 54.6 Å². The number of aromatic hydroxyl groups is 1. The third-order valence-corrected chi connectivity index (χ3v) is 7.94. The van der Waals surface area contributed by atoms with Crippen LogP contribution in [0.3, 0.4) is 0 Å². The highest BCUT2D eigenvalue weighted by Gasteiger charge is 2.22. The Bertz CT molecular complexity index is 1460. The number of carbonyl (C=O) groups excluding carboxylic acids is 1. The van der Waals surface area contributed by atoms with Gasteiger partial charge in [-0.05, 0) is 67.8 Å². The zero-order chi connectivity index (χ0) is 26.6. The fraction of sp³-hybridized carbons (Fsp3) is 0.344. The number of phenolic OH excluding ortho intramolecular Hbond substituents is 1. The predicted molar refractivity (Wildman–Crippen MR) is 193 cm³/mol. The van der Waals surface area contributed by atoms with Crippen molar-refractivity contribution in [3.63, 3.8) is 0 Å². The molecule has 0 bridgehead atoms. The number of nitrogens with zero attached hydrogens (tertiary/aromatic N) is 3. The van der Waals surface area contributed by atoms with Crippen molar-refractivity contribution in [1.29, 1.82) is 0 Å².